The Morgan fingerprint density at radius 2 is 1.25 bits per heavy atom. The van der Waals surface area contributed by atoms with Crippen molar-refractivity contribution in [2.24, 2.45) is 0 Å². The minimum atomic E-state index is 1.26. The molecule has 1 aliphatic rings. The molecule has 0 saturated heterocycles. The van der Waals surface area contributed by atoms with Crippen LogP contribution in [0.5, 0.6) is 0 Å². The molecule has 1 fully saturated rings. The van der Waals surface area contributed by atoms with Crippen LogP contribution in [-0.2, 0) is 0 Å². The average Bonchev–Trinajstić information content (AvgIpc) is 2.52. The van der Waals surface area contributed by atoms with Crippen molar-refractivity contribution in [3.8, 4) is 0 Å². The van der Waals surface area contributed by atoms with Crippen molar-refractivity contribution in [3.63, 3.8) is 0 Å². The first kappa shape index (κ1) is 17.0. The molecule has 3 rings (SSSR count). The van der Waals surface area contributed by atoms with Crippen LogP contribution in [0.25, 0.3) is 5.57 Å². The minimum Gasteiger partial charge on any atom is -0.0617 e. The molecular formula is C24H30. The number of aryl methyl sites for hydroxylation is 5. The van der Waals surface area contributed by atoms with E-state index in [1.165, 1.54) is 76.6 Å². The Morgan fingerprint density at radius 3 is 1.83 bits per heavy atom. The van der Waals surface area contributed by atoms with E-state index in [0.717, 1.165) is 0 Å². The second kappa shape index (κ2) is 6.97. The van der Waals surface area contributed by atoms with E-state index in [0.29, 0.717) is 0 Å². The molecule has 126 valence electrons. The second-order valence-corrected chi connectivity index (χ2v) is 7.63. The number of allylic oxidation sites excluding steroid dienone is 1. The standard InChI is InChI=1S/C24H30/c1-16-11-12-22(18(3)13-16)24(21-9-7-6-8-10-21)23-19(4)14-17(2)15-20(23)5/h11-15H,6-10H2,1-5H3. The van der Waals surface area contributed by atoms with Crippen molar-refractivity contribution in [1.29, 1.82) is 0 Å². The summed E-state index contributed by atoms with van der Waals surface area (Å²) in [4.78, 5) is 0. The fourth-order valence-corrected chi connectivity index (χ4v) is 4.40. The van der Waals surface area contributed by atoms with Gasteiger partial charge in [-0.3, -0.25) is 0 Å². The van der Waals surface area contributed by atoms with Crippen LogP contribution >= 0.6 is 0 Å². The van der Waals surface area contributed by atoms with Gasteiger partial charge in [0.25, 0.3) is 0 Å². The van der Waals surface area contributed by atoms with Gasteiger partial charge in [0, 0.05) is 0 Å². The molecule has 0 aliphatic heterocycles. The summed E-state index contributed by atoms with van der Waals surface area (Å²) < 4.78 is 0. The lowest BCUT2D eigenvalue weighted by Gasteiger charge is -2.24. The van der Waals surface area contributed by atoms with Gasteiger partial charge in [0.1, 0.15) is 0 Å². The minimum absolute atomic E-state index is 1.26. The van der Waals surface area contributed by atoms with Gasteiger partial charge in [0.15, 0.2) is 0 Å². The zero-order valence-electron chi connectivity index (χ0n) is 15.9. The van der Waals surface area contributed by atoms with Crippen LogP contribution in [0.4, 0.5) is 0 Å². The van der Waals surface area contributed by atoms with Crippen LogP contribution in [0, 0.1) is 34.6 Å². The monoisotopic (exact) mass is 318 g/mol. The summed E-state index contributed by atoms with van der Waals surface area (Å²) in [7, 11) is 0. The fraction of sp³-hybridized carbons (Fsp3) is 0.417. The van der Waals surface area contributed by atoms with Gasteiger partial charge in [-0.2, -0.15) is 0 Å². The molecule has 0 amide bonds. The van der Waals surface area contributed by atoms with Gasteiger partial charge < -0.3 is 0 Å². The highest BCUT2D eigenvalue weighted by molar-refractivity contribution is 5.86. The Kier molecular flexibility index (Phi) is 4.94. The lowest BCUT2D eigenvalue weighted by Crippen LogP contribution is -2.05. The van der Waals surface area contributed by atoms with E-state index in [9.17, 15) is 0 Å². The summed E-state index contributed by atoms with van der Waals surface area (Å²) in [6.45, 7) is 11.2. The van der Waals surface area contributed by atoms with Crippen LogP contribution in [0.2, 0.25) is 0 Å². The van der Waals surface area contributed by atoms with E-state index in [1.807, 2.05) is 0 Å². The molecule has 1 aliphatic carbocycles. The molecule has 0 spiro atoms. The Bertz CT molecular complexity index is 759. The van der Waals surface area contributed by atoms with Gasteiger partial charge in [0.05, 0.1) is 0 Å². The van der Waals surface area contributed by atoms with Crippen LogP contribution in [-0.4, -0.2) is 0 Å². The highest BCUT2D eigenvalue weighted by atomic mass is 14.2. The number of hydrogen-bond donors (Lipinski definition) is 0. The van der Waals surface area contributed by atoms with Gasteiger partial charge >= 0.3 is 0 Å². The van der Waals surface area contributed by atoms with Crippen molar-refractivity contribution in [3.05, 3.63) is 74.8 Å². The van der Waals surface area contributed by atoms with Gasteiger partial charge in [-0.1, -0.05) is 53.5 Å². The Hall–Kier alpha value is -1.82. The molecule has 0 heteroatoms. The van der Waals surface area contributed by atoms with E-state index < -0.39 is 0 Å². The van der Waals surface area contributed by atoms with E-state index >= 15 is 0 Å². The quantitative estimate of drug-likeness (QED) is 0.559. The van der Waals surface area contributed by atoms with Crippen LogP contribution in [0.3, 0.4) is 0 Å². The van der Waals surface area contributed by atoms with Crippen LogP contribution < -0.4 is 0 Å². The predicted octanol–water partition coefficient (Wildman–Crippen LogP) is 6.99. The summed E-state index contributed by atoms with van der Waals surface area (Å²) in [6, 6.07) is 11.6. The molecule has 2 aromatic carbocycles. The number of benzene rings is 2. The fourth-order valence-electron chi connectivity index (χ4n) is 4.40. The molecule has 2 aromatic rings. The van der Waals surface area contributed by atoms with Crippen LogP contribution in [0.15, 0.2) is 35.9 Å². The van der Waals surface area contributed by atoms with E-state index in [1.54, 1.807) is 5.57 Å². The number of hydrogen-bond acceptors (Lipinski definition) is 0. The maximum atomic E-state index is 2.35. The second-order valence-electron chi connectivity index (χ2n) is 7.63. The molecular weight excluding hydrogens is 288 g/mol. The Balaban J connectivity index is 2.28. The third kappa shape index (κ3) is 3.34. The largest absolute Gasteiger partial charge is 0.0617 e. The topological polar surface area (TPSA) is 0 Å². The predicted molar refractivity (Wildman–Crippen MR) is 106 cm³/mol. The molecule has 1 saturated carbocycles. The average molecular weight is 319 g/mol. The highest BCUT2D eigenvalue weighted by Gasteiger charge is 2.19. The lowest BCUT2D eigenvalue weighted by molar-refractivity contribution is 0.601. The van der Waals surface area contributed by atoms with Gasteiger partial charge in [-0.05, 0) is 93.7 Å². The summed E-state index contributed by atoms with van der Waals surface area (Å²) in [5, 5.41) is 0. The van der Waals surface area contributed by atoms with Crippen molar-refractivity contribution in [2.45, 2.75) is 66.7 Å². The number of rotatable bonds is 2. The first-order chi connectivity index (χ1) is 11.5. The molecule has 0 aromatic heterocycles. The zero-order chi connectivity index (χ0) is 17.3. The maximum Gasteiger partial charge on any atom is -0.0111 e. The normalized spacial score (nSPS) is 14.8. The third-order valence-electron chi connectivity index (χ3n) is 5.39. The molecule has 0 heterocycles. The summed E-state index contributed by atoms with van der Waals surface area (Å²) in [5.74, 6) is 0. The maximum absolute atomic E-state index is 2.35. The molecule has 0 atom stereocenters. The van der Waals surface area contributed by atoms with E-state index in [4.69, 9.17) is 0 Å². The molecule has 24 heavy (non-hydrogen) atoms. The third-order valence-corrected chi connectivity index (χ3v) is 5.39. The molecule has 0 bridgehead atoms. The van der Waals surface area contributed by atoms with E-state index in [-0.39, 0.29) is 0 Å². The molecule has 0 N–H and O–H groups in total. The molecule has 0 radical (unpaired) electrons. The SMILES string of the molecule is Cc1ccc(C(=C2CCCCC2)c2c(C)cc(C)cc2C)c(C)c1. The van der Waals surface area contributed by atoms with Crippen molar-refractivity contribution in [2.75, 3.05) is 0 Å². The molecule has 0 nitrogen and oxygen atoms in total. The zero-order valence-corrected chi connectivity index (χ0v) is 15.9. The van der Waals surface area contributed by atoms with Crippen molar-refractivity contribution < 1.29 is 0 Å². The molecule has 0 unspecified atom stereocenters. The van der Waals surface area contributed by atoms with Crippen molar-refractivity contribution in [1.82, 2.24) is 0 Å². The van der Waals surface area contributed by atoms with Gasteiger partial charge in [-0.15, -0.1) is 0 Å². The van der Waals surface area contributed by atoms with E-state index in [2.05, 4.69) is 65.0 Å². The Morgan fingerprint density at radius 1 is 0.667 bits per heavy atom. The van der Waals surface area contributed by atoms with Crippen LogP contribution in [0.1, 0.15) is 71.0 Å². The van der Waals surface area contributed by atoms with Gasteiger partial charge in [0.2, 0.25) is 0 Å². The highest BCUT2D eigenvalue weighted by Crippen LogP contribution is 2.39. The summed E-state index contributed by atoms with van der Waals surface area (Å²) in [5.41, 5.74) is 13.1. The first-order valence-corrected chi connectivity index (χ1v) is 9.35. The summed E-state index contributed by atoms with van der Waals surface area (Å²) >= 11 is 0. The summed E-state index contributed by atoms with van der Waals surface area (Å²) in [6.07, 6.45) is 6.59. The Labute approximate surface area is 147 Å². The van der Waals surface area contributed by atoms with Gasteiger partial charge in [-0.25, -0.2) is 0 Å². The smallest absolute Gasteiger partial charge is 0.0111 e. The van der Waals surface area contributed by atoms with Crippen molar-refractivity contribution >= 4 is 5.57 Å². The lowest BCUT2D eigenvalue weighted by atomic mass is 9.80. The first-order valence-electron chi connectivity index (χ1n) is 9.35.